The number of aryl methyl sites for hydroxylation is 1. The lowest BCUT2D eigenvalue weighted by molar-refractivity contribution is 0.582. The van der Waals surface area contributed by atoms with Crippen LogP contribution in [0.2, 0.25) is 0 Å². The summed E-state index contributed by atoms with van der Waals surface area (Å²) in [6.07, 6.45) is 1.86. The molecule has 4 heteroatoms. The molecule has 2 rings (SSSR count). The van der Waals surface area contributed by atoms with Gasteiger partial charge in [-0.1, -0.05) is 0 Å². The van der Waals surface area contributed by atoms with Crippen LogP contribution in [0.15, 0.2) is 23.1 Å². The standard InChI is InChI=1S/C16H23N3O/c1-10(2)19-8-7-12-9-11(3)17-14(13(12)15(19)20)18-16(4,5)6/h7-10H,1-6H3,(H,17,18). The van der Waals surface area contributed by atoms with Gasteiger partial charge < -0.3 is 9.88 Å². The highest BCUT2D eigenvalue weighted by Crippen LogP contribution is 2.22. The Morgan fingerprint density at radius 2 is 1.95 bits per heavy atom. The van der Waals surface area contributed by atoms with E-state index < -0.39 is 0 Å². The Kier molecular flexibility index (Phi) is 3.59. The molecule has 0 aromatic carbocycles. The van der Waals surface area contributed by atoms with E-state index in [0.29, 0.717) is 11.2 Å². The first-order valence-electron chi connectivity index (χ1n) is 7.00. The lowest BCUT2D eigenvalue weighted by Gasteiger charge is -2.23. The van der Waals surface area contributed by atoms with Gasteiger partial charge in [0.2, 0.25) is 0 Å². The number of hydrogen-bond donors (Lipinski definition) is 1. The van der Waals surface area contributed by atoms with Gasteiger partial charge in [0.15, 0.2) is 0 Å². The van der Waals surface area contributed by atoms with E-state index in [2.05, 4.69) is 31.1 Å². The fraction of sp³-hybridized carbons (Fsp3) is 0.500. The smallest absolute Gasteiger partial charge is 0.262 e. The summed E-state index contributed by atoms with van der Waals surface area (Å²) in [5, 5.41) is 4.95. The van der Waals surface area contributed by atoms with E-state index in [0.717, 1.165) is 11.1 Å². The van der Waals surface area contributed by atoms with E-state index in [1.165, 1.54) is 0 Å². The van der Waals surface area contributed by atoms with E-state index in [1.807, 2.05) is 39.1 Å². The van der Waals surface area contributed by atoms with Crippen molar-refractivity contribution in [2.75, 3.05) is 5.32 Å². The number of nitrogens with zero attached hydrogens (tertiary/aromatic N) is 2. The van der Waals surface area contributed by atoms with Crippen molar-refractivity contribution in [2.45, 2.75) is 53.1 Å². The minimum Gasteiger partial charge on any atom is -0.365 e. The molecule has 4 nitrogen and oxygen atoms in total. The van der Waals surface area contributed by atoms with Crippen molar-refractivity contribution in [1.82, 2.24) is 9.55 Å². The van der Waals surface area contributed by atoms with E-state index in [9.17, 15) is 4.79 Å². The number of nitrogens with one attached hydrogen (secondary N) is 1. The molecule has 108 valence electrons. The molecule has 0 radical (unpaired) electrons. The van der Waals surface area contributed by atoms with E-state index >= 15 is 0 Å². The van der Waals surface area contributed by atoms with Crippen molar-refractivity contribution < 1.29 is 0 Å². The molecule has 0 atom stereocenters. The highest BCUT2D eigenvalue weighted by molar-refractivity contribution is 5.91. The van der Waals surface area contributed by atoms with Crippen molar-refractivity contribution >= 4 is 16.6 Å². The average Bonchev–Trinajstić information content (AvgIpc) is 2.25. The first-order chi connectivity index (χ1) is 9.19. The second-order valence-corrected chi connectivity index (χ2v) is 6.57. The topological polar surface area (TPSA) is 46.9 Å². The third kappa shape index (κ3) is 2.84. The van der Waals surface area contributed by atoms with Gasteiger partial charge in [-0.15, -0.1) is 0 Å². The number of fused-ring (bicyclic) bond motifs is 1. The predicted molar refractivity (Wildman–Crippen MR) is 84.5 cm³/mol. The average molecular weight is 273 g/mol. The van der Waals surface area contributed by atoms with Crippen LogP contribution >= 0.6 is 0 Å². The Balaban J connectivity index is 2.78. The second kappa shape index (κ2) is 4.93. The predicted octanol–water partition coefficient (Wildman–Crippen LogP) is 3.50. The van der Waals surface area contributed by atoms with Gasteiger partial charge in [0, 0.05) is 23.5 Å². The van der Waals surface area contributed by atoms with Crippen LogP contribution in [-0.2, 0) is 0 Å². The third-order valence-corrected chi connectivity index (χ3v) is 3.09. The number of hydrogen-bond acceptors (Lipinski definition) is 3. The summed E-state index contributed by atoms with van der Waals surface area (Å²) < 4.78 is 1.74. The van der Waals surface area contributed by atoms with Crippen LogP contribution in [-0.4, -0.2) is 15.1 Å². The van der Waals surface area contributed by atoms with Gasteiger partial charge in [0.1, 0.15) is 5.82 Å². The molecule has 0 saturated heterocycles. The minimum absolute atomic E-state index is 0.0109. The van der Waals surface area contributed by atoms with Gasteiger partial charge in [0.05, 0.1) is 5.39 Å². The quantitative estimate of drug-likeness (QED) is 0.911. The van der Waals surface area contributed by atoms with Crippen LogP contribution < -0.4 is 10.9 Å². The number of aromatic nitrogens is 2. The van der Waals surface area contributed by atoms with Crippen LogP contribution in [0.4, 0.5) is 5.82 Å². The van der Waals surface area contributed by atoms with Crippen molar-refractivity contribution in [1.29, 1.82) is 0 Å². The van der Waals surface area contributed by atoms with Crippen LogP contribution in [0.25, 0.3) is 10.8 Å². The van der Waals surface area contributed by atoms with Crippen molar-refractivity contribution in [3.63, 3.8) is 0 Å². The van der Waals surface area contributed by atoms with Gasteiger partial charge in [-0.25, -0.2) is 4.98 Å². The summed E-state index contributed by atoms with van der Waals surface area (Å²) in [6, 6.07) is 4.07. The summed E-state index contributed by atoms with van der Waals surface area (Å²) in [5.41, 5.74) is 0.779. The van der Waals surface area contributed by atoms with Crippen molar-refractivity contribution in [3.8, 4) is 0 Å². The minimum atomic E-state index is -0.140. The zero-order chi connectivity index (χ0) is 15.1. The highest BCUT2D eigenvalue weighted by atomic mass is 16.1. The van der Waals surface area contributed by atoms with Gasteiger partial charge in [-0.2, -0.15) is 0 Å². The fourth-order valence-corrected chi connectivity index (χ4v) is 2.26. The Labute approximate surface area is 119 Å². The molecular formula is C16H23N3O. The number of rotatable bonds is 2. The Morgan fingerprint density at radius 3 is 2.50 bits per heavy atom. The first kappa shape index (κ1) is 14.6. The lowest BCUT2D eigenvalue weighted by atomic mass is 10.1. The molecule has 0 unspecified atom stereocenters. The van der Waals surface area contributed by atoms with Crippen LogP contribution in [0.1, 0.15) is 46.4 Å². The Morgan fingerprint density at radius 1 is 1.30 bits per heavy atom. The van der Waals surface area contributed by atoms with Gasteiger partial charge in [-0.05, 0) is 59.1 Å². The maximum Gasteiger partial charge on any atom is 0.262 e. The SMILES string of the molecule is Cc1cc2ccn(C(C)C)c(=O)c2c(NC(C)(C)C)n1. The molecule has 2 aromatic heterocycles. The zero-order valence-electron chi connectivity index (χ0n) is 13.1. The van der Waals surface area contributed by atoms with Gasteiger partial charge >= 0.3 is 0 Å². The molecule has 2 heterocycles. The molecule has 0 aliphatic carbocycles. The highest BCUT2D eigenvalue weighted by Gasteiger charge is 2.16. The maximum atomic E-state index is 12.7. The van der Waals surface area contributed by atoms with Crippen molar-refractivity contribution in [2.24, 2.45) is 0 Å². The molecular weight excluding hydrogens is 250 g/mol. The van der Waals surface area contributed by atoms with Crippen molar-refractivity contribution in [3.05, 3.63) is 34.4 Å². The first-order valence-corrected chi connectivity index (χ1v) is 7.00. The monoisotopic (exact) mass is 273 g/mol. The summed E-state index contributed by atoms with van der Waals surface area (Å²) in [7, 11) is 0. The summed E-state index contributed by atoms with van der Waals surface area (Å²) >= 11 is 0. The lowest BCUT2D eigenvalue weighted by Crippen LogP contribution is -2.29. The number of anilines is 1. The summed E-state index contributed by atoms with van der Waals surface area (Å²) in [6.45, 7) is 12.1. The van der Waals surface area contributed by atoms with Gasteiger partial charge in [-0.3, -0.25) is 4.79 Å². The van der Waals surface area contributed by atoms with E-state index in [-0.39, 0.29) is 17.1 Å². The van der Waals surface area contributed by atoms with Crippen LogP contribution in [0.5, 0.6) is 0 Å². The molecule has 0 aliphatic heterocycles. The maximum absolute atomic E-state index is 12.7. The largest absolute Gasteiger partial charge is 0.365 e. The molecule has 0 saturated carbocycles. The second-order valence-electron chi connectivity index (χ2n) is 6.57. The molecule has 20 heavy (non-hydrogen) atoms. The molecule has 1 N–H and O–H groups in total. The molecule has 0 spiro atoms. The Hall–Kier alpha value is -1.84. The van der Waals surface area contributed by atoms with Gasteiger partial charge in [0.25, 0.3) is 5.56 Å². The summed E-state index contributed by atoms with van der Waals surface area (Å²) in [4.78, 5) is 17.2. The fourth-order valence-electron chi connectivity index (χ4n) is 2.26. The normalized spacial score (nSPS) is 12.2. The van der Waals surface area contributed by atoms with E-state index in [4.69, 9.17) is 0 Å². The molecule has 0 fully saturated rings. The molecule has 0 bridgehead atoms. The van der Waals surface area contributed by atoms with Crippen LogP contribution in [0, 0.1) is 6.92 Å². The summed E-state index contributed by atoms with van der Waals surface area (Å²) in [5.74, 6) is 0.674. The molecule has 2 aromatic rings. The number of pyridine rings is 2. The van der Waals surface area contributed by atoms with Crippen LogP contribution in [0.3, 0.4) is 0 Å². The Bertz CT molecular complexity index is 693. The zero-order valence-corrected chi connectivity index (χ0v) is 13.1. The van der Waals surface area contributed by atoms with E-state index in [1.54, 1.807) is 4.57 Å². The third-order valence-electron chi connectivity index (χ3n) is 3.09. The molecule has 0 amide bonds. The molecule has 0 aliphatic rings.